The fraction of sp³-hybridized carbons (Fsp3) is 0.692. The number of halogens is 3. The van der Waals surface area contributed by atoms with E-state index < -0.39 is 0 Å². The highest BCUT2D eigenvalue weighted by Gasteiger charge is 2.25. The van der Waals surface area contributed by atoms with Crippen molar-refractivity contribution in [2.45, 2.75) is 89.4 Å². The summed E-state index contributed by atoms with van der Waals surface area (Å²) in [6.07, 6.45) is 20.4. The third kappa shape index (κ3) is 7.39. The van der Waals surface area contributed by atoms with Crippen molar-refractivity contribution >= 4 is 11.6 Å². The Labute approximate surface area is 181 Å². The molecule has 0 nitrogen and oxygen atoms in total. The number of hydrogen-bond donors (Lipinski definition) is 0. The summed E-state index contributed by atoms with van der Waals surface area (Å²) in [4.78, 5) is 0. The van der Waals surface area contributed by atoms with Crippen molar-refractivity contribution in [2.24, 2.45) is 17.8 Å². The van der Waals surface area contributed by atoms with Gasteiger partial charge in [-0.1, -0.05) is 55.5 Å². The first-order valence-electron chi connectivity index (χ1n) is 11.8. The summed E-state index contributed by atoms with van der Waals surface area (Å²) in [6.45, 7) is -0.198. The Morgan fingerprint density at radius 3 is 2.10 bits per heavy atom. The van der Waals surface area contributed by atoms with Gasteiger partial charge in [0, 0.05) is 0 Å². The number of allylic oxidation sites excluding steroid dienone is 2. The summed E-state index contributed by atoms with van der Waals surface area (Å²) in [5.74, 6) is 2.86. The van der Waals surface area contributed by atoms with Crippen LogP contribution in [0.15, 0.2) is 30.4 Å². The van der Waals surface area contributed by atoms with Crippen LogP contribution < -0.4 is 0 Å². The number of rotatable bonds is 9. The van der Waals surface area contributed by atoms with Crippen LogP contribution in [-0.2, 0) is 0 Å². The Morgan fingerprint density at radius 1 is 0.862 bits per heavy atom. The van der Waals surface area contributed by atoms with E-state index in [1.807, 2.05) is 6.07 Å². The lowest BCUT2D eigenvalue weighted by atomic mass is 9.74. The highest BCUT2D eigenvalue weighted by molar-refractivity contribution is 6.30. The van der Waals surface area contributed by atoms with Gasteiger partial charge in [-0.3, -0.25) is 4.39 Å². The molecule has 29 heavy (non-hydrogen) atoms. The number of alkyl halides is 1. The molecule has 1 aromatic carbocycles. The Bertz CT molecular complexity index is 626. The predicted octanol–water partition coefficient (Wildman–Crippen LogP) is 9.04. The van der Waals surface area contributed by atoms with Gasteiger partial charge in [0.05, 0.1) is 11.7 Å². The van der Waals surface area contributed by atoms with Gasteiger partial charge < -0.3 is 0 Å². The van der Waals surface area contributed by atoms with Crippen molar-refractivity contribution in [3.63, 3.8) is 0 Å². The van der Waals surface area contributed by atoms with Crippen LogP contribution in [0.5, 0.6) is 0 Å². The largest absolute Gasteiger partial charge is 0.251 e. The standard InChI is InChI=1S/C26H37ClF2/c27-25-17-16-24(19-26(25)29)23-14-12-22(13-15-23)11-10-21-8-6-20(7-9-21)5-3-1-2-4-18-28/h1,3,16-17,19-23H,2,4-15,18H2/b3-1+. The minimum absolute atomic E-state index is 0.198. The van der Waals surface area contributed by atoms with E-state index in [4.69, 9.17) is 11.6 Å². The first-order chi connectivity index (χ1) is 14.2. The topological polar surface area (TPSA) is 0 Å². The maximum Gasteiger partial charge on any atom is 0.142 e. The normalized spacial score (nSPS) is 28.1. The third-order valence-electron chi connectivity index (χ3n) is 7.35. The van der Waals surface area contributed by atoms with E-state index >= 15 is 0 Å². The molecule has 0 bridgehead atoms. The van der Waals surface area contributed by atoms with Gasteiger partial charge in [-0.05, 0) is 99.2 Å². The molecule has 1 aromatic rings. The summed E-state index contributed by atoms with van der Waals surface area (Å²) in [5, 5.41) is 0.227. The van der Waals surface area contributed by atoms with Gasteiger partial charge in [-0.2, -0.15) is 0 Å². The van der Waals surface area contributed by atoms with Crippen molar-refractivity contribution in [3.05, 3.63) is 46.8 Å². The molecule has 0 saturated heterocycles. The summed E-state index contributed by atoms with van der Waals surface area (Å²) in [7, 11) is 0. The molecule has 162 valence electrons. The van der Waals surface area contributed by atoms with Crippen LogP contribution in [-0.4, -0.2) is 6.67 Å². The molecule has 2 aliphatic rings. The summed E-state index contributed by atoms with van der Waals surface area (Å²) in [5.41, 5.74) is 1.13. The van der Waals surface area contributed by atoms with Crippen LogP contribution in [0, 0.1) is 23.6 Å². The Balaban J connectivity index is 1.30. The molecule has 0 spiro atoms. The molecule has 0 N–H and O–H groups in total. The molecule has 0 unspecified atom stereocenters. The van der Waals surface area contributed by atoms with Gasteiger partial charge >= 0.3 is 0 Å². The second-order valence-corrected chi connectivity index (χ2v) is 9.80. The molecule has 2 saturated carbocycles. The smallest absolute Gasteiger partial charge is 0.142 e. The quantitative estimate of drug-likeness (QED) is 0.275. The lowest BCUT2D eigenvalue weighted by molar-refractivity contribution is 0.231. The van der Waals surface area contributed by atoms with Crippen LogP contribution in [0.4, 0.5) is 8.78 Å². The van der Waals surface area contributed by atoms with Gasteiger partial charge in [-0.25, -0.2) is 4.39 Å². The van der Waals surface area contributed by atoms with Crippen molar-refractivity contribution in [2.75, 3.05) is 6.67 Å². The molecule has 2 fully saturated rings. The van der Waals surface area contributed by atoms with Crippen LogP contribution in [0.3, 0.4) is 0 Å². The molecule has 3 rings (SSSR count). The lowest BCUT2D eigenvalue weighted by Gasteiger charge is -2.32. The predicted molar refractivity (Wildman–Crippen MR) is 120 cm³/mol. The van der Waals surface area contributed by atoms with Crippen LogP contribution in [0.1, 0.15) is 95.0 Å². The summed E-state index contributed by atoms with van der Waals surface area (Å²) >= 11 is 5.82. The third-order valence-corrected chi connectivity index (χ3v) is 7.66. The number of hydrogen-bond acceptors (Lipinski definition) is 0. The molecular weight excluding hydrogens is 386 g/mol. The van der Waals surface area contributed by atoms with Gasteiger partial charge in [0.1, 0.15) is 5.82 Å². The highest BCUT2D eigenvalue weighted by atomic mass is 35.5. The zero-order valence-corrected chi connectivity index (χ0v) is 18.5. The van der Waals surface area contributed by atoms with E-state index in [1.54, 1.807) is 12.1 Å². The SMILES string of the molecule is FCCC/C=C/CC1CCC(CCC2CCC(c3ccc(Cl)c(F)c3)CC2)CC1. The van der Waals surface area contributed by atoms with E-state index in [-0.39, 0.29) is 17.5 Å². The zero-order chi connectivity index (χ0) is 20.5. The van der Waals surface area contributed by atoms with Crippen LogP contribution >= 0.6 is 11.6 Å². The second kappa shape index (κ2) is 12.1. The maximum absolute atomic E-state index is 13.7. The molecule has 0 radical (unpaired) electrons. The fourth-order valence-electron chi connectivity index (χ4n) is 5.38. The van der Waals surface area contributed by atoms with Crippen molar-refractivity contribution in [1.82, 2.24) is 0 Å². The van der Waals surface area contributed by atoms with Crippen molar-refractivity contribution in [3.8, 4) is 0 Å². The first kappa shape index (κ1) is 22.8. The number of benzene rings is 1. The van der Waals surface area contributed by atoms with Gasteiger partial charge in [0.15, 0.2) is 0 Å². The Hall–Kier alpha value is -0.890. The van der Waals surface area contributed by atoms with Crippen LogP contribution in [0.25, 0.3) is 0 Å². The Kier molecular flexibility index (Phi) is 9.49. The molecule has 3 heteroatoms. The highest BCUT2D eigenvalue weighted by Crippen LogP contribution is 2.40. The Morgan fingerprint density at radius 2 is 1.48 bits per heavy atom. The molecule has 0 amide bonds. The molecule has 0 heterocycles. The maximum atomic E-state index is 13.7. The average Bonchev–Trinajstić information content (AvgIpc) is 2.75. The van der Waals surface area contributed by atoms with Crippen molar-refractivity contribution < 1.29 is 8.78 Å². The summed E-state index contributed by atoms with van der Waals surface area (Å²) < 4.78 is 25.8. The summed E-state index contributed by atoms with van der Waals surface area (Å²) in [6, 6.07) is 5.35. The fourth-order valence-corrected chi connectivity index (χ4v) is 5.50. The minimum Gasteiger partial charge on any atom is -0.251 e. The van der Waals surface area contributed by atoms with E-state index in [9.17, 15) is 8.78 Å². The lowest BCUT2D eigenvalue weighted by Crippen LogP contribution is -2.17. The first-order valence-corrected chi connectivity index (χ1v) is 12.2. The van der Waals surface area contributed by atoms with E-state index in [2.05, 4.69) is 12.2 Å². The van der Waals surface area contributed by atoms with Gasteiger partial charge in [0.2, 0.25) is 0 Å². The monoisotopic (exact) mass is 422 g/mol. The van der Waals surface area contributed by atoms with Crippen molar-refractivity contribution in [1.29, 1.82) is 0 Å². The number of unbranched alkanes of at least 4 members (excludes halogenated alkanes) is 1. The minimum atomic E-state index is -0.280. The van der Waals surface area contributed by atoms with E-state index in [1.165, 1.54) is 70.6 Å². The molecule has 0 aliphatic heterocycles. The zero-order valence-electron chi connectivity index (χ0n) is 17.7. The average molecular weight is 423 g/mol. The second-order valence-electron chi connectivity index (χ2n) is 9.39. The molecule has 0 atom stereocenters. The van der Waals surface area contributed by atoms with E-state index in [0.29, 0.717) is 12.3 Å². The van der Waals surface area contributed by atoms with Crippen LogP contribution in [0.2, 0.25) is 5.02 Å². The van der Waals surface area contributed by atoms with Gasteiger partial charge in [0.25, 0.3) is 0 Å². The molecule has 0 aromatic heterocycles. The molecule has 2 aliphatic carbocycles. The van der Waals surface area contributed by atoms with Gasteiger partial charge in [-0.15, -0.1) is 0 Å². The molecular formula is C26H37ClF2. The van der Waals surface area contributed by atoms with E-state index in [0.717, 1.165) is 29.7 Å².